The number of thioether (sulfide) groups is 1. The van der Waals surface area contributed by atoms with E-state index < -0.39 is 5.25 Å². The molecular formula is C23H20FN3O3S2. The van der Waals surface area contributed by atoms with Gasteiger partial charge in [-0.25, -0.2) is 9.38 Å². The summed E-state index contributed by atoms with van der Waals surface area (Å²) < 4.78 is 18.5. The SMILES string of the molecule is COc1ccccc1NC(=O)C[C@H]1SC(=Nc2ccc(F)cc2)N(Cc2cccs2)C1=O. The fourth-order valence-electron chi connectivity index (χ4n) is 3.17. The number of methoxy groups -OCH3 is 1. The van der Waals surface area contributed by atoms with E-state index in [1.807, 2.05) is 23.6 Å². The number of carbonyl (C=O) groups is 2. The van der Waals surface area contributed by atoms with Gasteiger partial charge in [0.15, 0.2) is 5.17 Å². The van der Waals surface area contributed by atoms with Crippen LogP contribution in [0.25, 0.3) is 0 Å². The summed E-state index contributed by atoms with van der Waals surface area (Å²) in [5, 5.41) is 4.64. The maximum Gasteiger partial charge on any atom is 0.243 e. The summed E-state index contributed by atoms with van der Waals surface area (Å²) in [5.74, 6) is -0.284. The van der Waals surface area contributed by atoms with E-state index in [1.165, 1.54) is 31.0 Å². The molecule has 1 N–H and O–H groups in total. The third-order valence-electron chi connectivity index (χ3n) is 4.72. The van der Waals surface area contributed by atoms with E-state index in [9.17, 15) is 14.0 Å². The average molecular weight is 470 g/mol. The van der Waals surface area contributed by atoms with Gasteiger partial charge in [0.2, 0.25) is 11.8 Å². The van der Waals surface area contributed by atoms with Gasteiger partial charge in [0.05, 0.1) is 25.0 Å². The second-order valence-corrected chi connectivity index (χ2v) is 9.14. The number of hydrogen-bond acceptors (Lipinski definition) is 6. The Kier molecular flexibility index (Phi) is 6.87. The van der Waals surface area contributed by atoms with Crippen molar-refractivity contribution in [2.75, 3.05) is 12.4 Å². The van der Waals surface area contributed by atoms with Gasteiger partial charge in [-0.2, -0.15) is 0 Å². The van der Waals surface area contributed by atoms with Crippen molar-refractivity contribution in [3.63, 3.8) is 0 Å². The molecule has 164 valence electrons. The fourth-order valence-corrected chi connectivity index (χ4v) is 5.02. The molecule has 9 heteroatoms. The highest BCUT2D eigenvalue weighted by molar-refractivity contribution is 8.15. The quantitative estimate of drug-likeness (QED) is 0.525. The minimum absolute atomic E-state index is 0.00900. The normalized spacial score (nSPS) is 17.1. The molecule has 0 saturated carbocycles. The van der Waals surface area contributed by atoms with Gasteiger partial charge in [-0.1, -0.05) is 30.0 Å². The zero-order chi connectivity index (χ0) is 22.5. The van der Waals surface area contributed by atoms with E-state index in [4.69, 9.17) is 4.74 Å². The first-order valence-corrected chi connectivity index (χ1v) is 11.6. The Morgan fingerprint density at radius 2 is 1.94 bits per heavy atom. The lowest BCUT2D eigenvalue weighted by molar-refractivity contribution is -0.128. The van der Waals surface area contributed by atoms with Gasteiger partial charge in [-0.3, -0.25) is 14.5 Å². The van der Waals surface area contributed by atoms with Crippen LogP contribution in [0, 0.1) is 5.82 Å². The number of carbonyl (C=O) groups excluding carboxylic acids is 2. The molecule has 2 amide bonds. The molecule has 1 aromatic heterocycles. The van der Waals surface area contributed by atoms with Crippen LogP contribution < -0.4 is 10.1 Å². The molecule has 1 atom stereocenters. The summed E-state index contributed by atoms with van der Waals surface area (Å²) in [6.45, 7) is 0.369. The minimum Gasteiger partial charge on any atom is -0.495 e. The van der Waals surface area contributed by atoms with E-state index >= 15 is 0 Å². The third-order valence-corrected chi connectivity index (χ3v) is 6.75. The summed E-state index contributed by atoms with van der Waals surface area (Å²) >= 11 is 2.78. The maximum absolute atomic E-state index is 13.3. The number of aliphatic imine (C=N–C) groups is 1. The van der Waals surface area contributed by atoms with Crippen molar-refractivity contribution in [3.05, 3.63) is 76.7 Å². The molecule has 0 unspecified atom stereocenters. The van der Waals surface area contributed by atoms with Crippen LogP contribution in [0.1, 0.15) is 11.3 Å². The third kappa shape index (κ3) is 5.17. The van der Waals surface area contributed by atoms with Crippen molar-refractivity contribution in [1.29, 1.82) is 0 Å². The molecule has 2 aromatic carbocycles. The van der Waals surface area contributed by atoms with E-state index in [1.54, 1.807) is 46.6 Å². The number of hydrogen-bond donors (Lipinski definition) is 1. The van der Waals surface area contributed by atoms with Gasteiger partial charge in [0.1, 0.15) is 16.8 Å². The van der Waals surface area contributed by atoms with Crippen molar-refractivity contribution >= 4 is 51.5 Å². The topological polar surface area (TPSA) is 71.0 Å². The molecule has 32 heavy (non-hydrogen) atoms. The number of nitrogens with one attached hydrogen (secondary N) is 1. The van der Waals surface area contributed by atoms with Gasteiger partial charge >= 0.3 is 0 Å². The fraction of sp³-hybridized carbons (Fsp3) is 0.174. The number of amides is 2. The summed E-state index contributed by atoms with van der Waals surface area (Å²) in [6.07, 6.45) is -0.00900. The van der Waals surface area contributed by atoms with Crippen LogP contribution in [0.5, 0.6) is 5.75 Å². The Balaban J connectivity index is 1.53. The first-order valence-electron chi connectivity index (χ1n) is 9.81. The second-order valence-electron chi connectivity index (χ2n) is 6.93. The van der Waals surface area contributed by atoms with Crippen molar-refractivity contribution in [1.82, 2.24) is 4.90 Å². The van der Waals surface area contributed by atoms with E-state index in [2.05, 4.69) is 10.3 Å². The van der Waals surface area contributed by atoms with Gasteiger partial charge in [0.25, 0.3) is 0 Å². The van der Waals surface area contributed by atoms with Crippen molar-refractivity contribution < 1.29 is 18.7 Å². The van der Waals surface area contributed by atoms with E-state index in [0.717, 1.165) is 4.88 Å². The van der Waals surface area contributed by atoms with Crippen LogP contribution in [0.3, 0.4) is 0 Å². The van der Waals surface area contributed by atoms with E-state index in [-0.39, 0.29) is 24.1 Å². The number of benzene rings is 2. The number of ether oxygens (including phenoxy) is 1. The molecule has 0 spiro atoms. The van der Waals surface area contributed by atoms with E-state index in [0.29, 0.717) is 28.8 Å². The van der Waals surface area contributed by atoms with Crippen LogP contribution in [-0.4, -0.2) is 34.2 Å². The number of halogens is 1. The van der Waals surface area contributed by atoms with Gasteiger partial charge in [-0.05, 0) is 47.8 Å². The minimum atomic E-state index is -0.608. The largest absolute Gasteiger partial charge is 0.495 e. The highest BCUT2D eigenvalue weighted by Crippen LogP contribution is 2.34. The number of amidine groups is 1. The lowest BCUT2D eigenvalue weighted by Gasteiger charge is -2.15. The molecule has 0 bridgehead atoms. The van der Waals surface area contributed by atoms with Crippen LogP contribution >= 0.6 is 23.1 Å². The summed E-state index contributed by atoms with van der Waals surface area (Å²) in [5.41, 5.74) is 1.09. The molecule has 3 aromatic rings. The summed E-state index contributed by atoms with van der Waals surface area (Å²) in [4.78, 5) is 33.0. The maximum atomic E-state index is 13.3. The molecule has 1 saturated heterocycles. The Labute approximate surface area is 193 Å². The van der Waals surface area contributed by atoms with Crippen LogP contribution in [-0.2, 0) is 16.1 Å². The Hall–Kier alpha value is -3.17. The number of thiophene rings is 1. The number of nitrogens with zero attached hydrogens (tertiary/aromatic N) is 2. The monoisotopic (exact) mass is 469 g/mol. The zero-order valence-corrected chi connectivity index (χ0v) is 18.8. The Morgan fingerprint density at radius 3 is 2.66 bits per heavy atom. The van der Waals surface area contributed by atoms with Crippen LogP contribution in [0.2, 0.25) is 0 Å². The van der Waals surface area contributed by atoms with Crippen LogP contribution in [0.4, 0.5) is 15.8 Å². The van der Waals surface area contributed by atoms with Crippen molar-refractivity contribution in [2.45, 2.75) is 18.2 Å². The first-order chi connectivity index (χ1) is 15.5. The zero-order valence-electron chi connectivity index (χ0n) is 17.2. The average Bonchev–Trinajstić information content (AvgIpc) is 3.40. The number of rotatable bonds is 7. The Bertz CT molecular complexity index is 1130. The molecule has 1 fully saturated rings. The standard InChI is InChI=1S/C23H20FN3O3S2/c1-30-19-7-3-2-6-18(19)26-21(28)13-20-22(29)27(14-17-5-4-12-31-17)23(32-20)25-16-10-8-15(24)9-11-16/h2-12,20H,13-14H2,1H3,(H,26,28)/t20-/m1/s1. The molecular weight excluding hydrogens is 449 g/mol. The highest BCUT2D eigenvalue weighted by Gasteiger charge is 2.39. The molecule has 0 aliphatic carbocycles. The molecule has 4 rings (SSSR count). The molecule has 6 nitrogen and oxygen atoms in total. The molecule has 2 heterocycles. The van der Waals surface area contributed by atoms with Gasteiger partial charge in [0, 0.05) is 11.3 Å². The molecule has 1 aliphatic rings. The van der Waals surface area contributed by atoms with Crippen molar-refractivity contribution in [3.8, 4) is 5.75 Å². The highest BCUT2D eigenvalue weighted by atomic mass is 32.2. The second kappa shape index (κ2) is 9.97. The molecule has 0 radical (unpaired) electrons. The van der Waals surface area contributed by atoms with Crippen LogP contribution in [0.15, 0.2) is 71.0 Å². The summed E-state index contributed by atoms with van der Waals surface area (Å²) in [6, 6.07) is 16.7. The summed E-state index contributed by atoms with van der Waals surface area (Å²) in [7, 11) is 1.53. The lowest BCUT2D eigenvalue weighted by atomic mass is 10.2. The Morgan fingerprint density at radius 1 is 1.16 bits per heavy atom. The number of para-hydroxylation sites is 2. The predicted molar refractivity (Wildman–Crippen MR) is 126 cm³/mol. The predicted octanol–water partition coefficient (Wildman–Crippen LogP) is 5.06. The lowest BCUT2D eigenvalue weighted by Crippen LogP contribution is -2.32. The van der Waals surface area contributed by atoms with Gasteiger partial charge in [-0.15, -0.1) is 11.3 Å². The van der Waals surface area contributed by atoms with Crippen molar-refractivity contribution in [2.24, 2.45) is 4.99 Å². The first kappa shape index (κ1) is 22.0. The smallest absolute Gasteiger partial charge is 0.243 e. The molecule has 1 aliphatic heterocycles. The van der Waals surface area contributed by atoms with Gasteiger partial charge < -0.3 is 10.1 Å². The number of anilines is 1.